The summed E-state index contributed by atoms with van der Waals surface area (Å²) in [5, 5.41) is 6.08. The number of aryl methyl sites for hydroxylation is 2. The summed E-state index contributed by atoms with van der Waals surface area (Å²) in [4.78, 5) is 26.5. The predicted molar refractivity (Wildman–Crippen MR) is 108 cm³/mol. The van der Waals surface area contributed by atoms with Crippen molar-refractivity contribution in [2.24, 2.45) is 0 Å². The van der Waals surface area contributed by atoms with E-state index in [1.165, 1.54) is 5.56 Å². The van der Waals surface area contributed by atoms with Crippen molar-refractivity contribution in [1.29, 1.82) is 0 Å². The van der Waals surface area contributed by atoms with E-state index in [1.807, 2.05) is 55.1 Å². The molecule has 2 aromatic carbocycles. The molecule has 0 spiro atoms. The highest BCUT2D eigenvalue weighted by Crippen LogP contribution is 2.19. The highest BCUT2D eigenvalue weighted by molar-refractivity contribution is 5.95. The van der Waals surface area contributed by atoms with Gasteiger partial charge in [-0.1, -0.05) is 29.8 Å². The quantitative estimate of drug-likeness (QED) is 0.826. The Morgan fingerprint density at radius 3 is 2.52 bits per heavy atom. The van der Waals surface area contributed by atoms with Crippen LogP contribution in [0.5, 0.6) is 0 Å². The van der Waals surface area contributed by atoms with Gasteiger partial charge in [0, 0.05) is 30.9 Å². The summed E-state index contributed by atoms with van der Waals surface area (Å²) in [6, 6.07) is 13.7. The van der Waals surface area contributed by atoms with Gasteiger partial charge < -0.3 is 15.5 Å². The normalized spacial score (nSPS) is 13.5. The molecule has 1 aliphatic heterocycles. The Morgan fingerprint density at radius 1 is 1.04 bits per heavy atom. The maximum atomic E-state index is 12.5. The number of hydrogen-bond donors (Lipinski definition) is 2. The monoisotopic (exact) mass is 365 g/mol. The van der Waals surface area contributed by atoms with Gasteiger partial charge in [0.1, 0.15) is 0 Å². The van der Waals surface area contributed by atoms with Gasteiger partial charge in [-0.3, -0.25) is 9.59 Å². The third kappa shape index (κ3) is 5.09. The maximum absolute atomic E-state index is 12.5. The molecule has 142 valence electrons. The van der Waals surface area contributed by atoms with Gasteiger partial charge in [0.25, 0.3) is 5.91 Å². The van der Waals surface area contributed by atoms with Gasteiger partial charge in [0.05, 0.1) is 6.54 Å². The van der Waals surface area contributed by atoms with Gasteiger partial charge in [-0.2, -0.15) is 0 Å². The van der Waals surface area contributed by atoms with Gasteiger partial charge in [-0.05, 0) is 56.0 Å². The van der Waals surface area contributed by atoms with Crippen LogP contribution in [-0.4, -0.2) is 36.3 Å². The lowest BCUT2D eigenvalue weighted by atomic mass is 10.1. The zero-order chi connectivity index (χ0) is 19.2. The van der Waals surface area contributed by atoms with Gasteiger partial charge >= 0.3 is 0 Å². The summed E-state index contributed by atoms with van der Waals surface area (Å²) in [7, 11) is 0. The first-order valence-electron chi connectivity index (χ1n) is 9.49. The van der Waals surface area contributed by atoms with E-state index in [9.17, 15) is 9.59 Å². The highest BCUT2D eigenvalue weighted by atomic mass is 16.2. The minimum Gasteiger partial charge on any atom is -0.376 e. The SMILES string of the molecule is Cc1cccc(CNC(=O)CNc2ccc(C(=O)N3CCCC3)cc2C)c1. The first kappa shape index (κ1) is 19.0. The summed E-state index contributed by atoms with van der Waals surface area (Å²) in [6.07, 6.45) is 2.17. The summed E-state index contributed by atoms with van der Waals surface area (Å²) in [5.41, 5.74) is 4.82. The van der Waals surface area contributed by atoms with Crippen LogP contribution in [0.3, 0.4) is 0 Å². The van der Waals surface area contributed by atoms with Crippen LogP contribution in [0.25, 0.3) is 0 Å². The number of amides is 2. The van der Waals surface area contributed by atoms with Crippen molar-refractivity contribution in [3.8, 4) is 0 Å². The van der Waals surface area contributed by atoms with Crippen LogP contribution in [0.2, 0.25) is 0 Å². The minimum atomic E-state index is -0.0619. The van der Waals surface area contributed by atoms with Crippen LogP contribution in [0.15, 0.2) is 42.5 Å². The second kappa shape index (κ2) is 8.71. The Balaban J connectivity index is 1.51. The first-order chi connectivity index (χ1) is 13.0. The lowest BCUT2D eigenvalue weighted by Crippen LogP contribution is -2.29. The van der Waals surface area contributed by atoms with Gasteiger partial charge in [0.2, 0.25) is 5.91 Å². The van der Waals surface area contributed by atoms with Crippen molar-refractivity contribution in [1.82, 2.24) is 10.2 Å². The lowest BCUT2D eigenvalue weighted by molar-refractivity contribution is -0.119. The molecule has 3 rings (SSSR count). The molecular formula is C22H27N3O2. The third-order valence-corrected chi connectivity index (χ3v) is 4.88. The molecule has 27 heavy (non-hydrogen) atoms. The van der Waals surface area contributed by atoms with E-state index in [0.29, 0.717) is 12.1 Å². The average molecular weight is 365 g/mol. The maximum Gasteiger partial charge on any atom is 0.253 e. The fourth-order valence-electron chi connectivity index (χ4n) is 3.36. The van der Waals surface area contributed by atoms with E-state index in [-0.39, 0.29) is 18.4 Å². The van der Waals surface area contributed by atoms with E-state index < -0.39 is 0 Å². The number of hydrogen-bond acceptors (Lipinski definition) is 3. The Labute approximate surface area is 160 Å². The molecule has 0 aliphatic carbocycles. The summed E-state index contributed by atoms with van der Waals surface area (Å²) in [5.74, 6) is 0.0335. The zero-order valence-electron chi connectivity index (χ0n) is 16.0. The van der Waals surface area contributed by atoms with Crippen molar-refractivity contribution in [2.75, 3.05) is 25.0 Å². The molecule has 0 bridgehead atoms. The molecule has 5 nitrogen and oxygen atoms in total. The van der Waals surface area contributed by atoms with Crippen LogP contribution in [0, 0.1) is 13.8 Å². The second-order valence-electron chi connectivity index (χ2n) is 7.15. The average Bonchev–Trinajstić information content (AvgIpc) is 3.19. The highest BCUT2D eigenvalue weighted by Gasteiger charge is 2.19. The molecular weight excluding hydrogens is 338 g/mol. The summed E-state index contributed by atoms with van der Waals surface area (Å²) < 4.78 is 0. The Bertz CT molecular complexity index is 826. The minimum absolute atomic E-state index is 0.0619. The molecule has 5 heteroatoms. The lowest BCUT2D eigenvalue weighted by Gasteiger charge is -2.16. The second-order valence-corrected chi connectivity index (χ2v) is 7.15. The van der Waals surface area contributed by atoms with E-state index >= 15 is 0 Å². The summed E-state index contributed by atoms with van der Waals surface area (Å²) >= 11 is 0. The van der Waals surface area contributed by atoms with Crippen LogP contribution >= 0.6 is 0 Å². The van der Waals surface area contributed by atoms with Crippen molar-refractivity contribution in [3.63, 3.8) is 0 Å². The van der Waals surface area contributed by atoms with Crippen LogP contribution < -0.4 is 10.6 Å². The smallest absolute Gasteiger partial charge is 0.253 e. The number of anilines is 1. The Morgan fingerprint density at radius 2 is 1.81 bits per heavy atom. The largest absolute Gasteiger partial charge is 0.376 e. The standard InChI is InChI=1S/C22H27N3O2/c1-16-6-5-7-18(12-16)14-24-21(26)15-23-20-9-8-19(13-17(20)2)22(27)25-10-3-4-11-25/h5-9,12-13,23H,3-4,10-11,14-15H2,1-2H3,(H,24,26). The fraction of sp³-hybridized carbons (Fsp3) is 0.364. The number of nitrogens with zero attached hydrogens (tertiary/aromatic N) is 1. The van der Waals surface area contributed by atoms with Crippen molar-refractivity contribution in [2.45, 2.75) is 33.2 Å². The number of carbonyl (C=O) groups is 2. The Kier molecular flexibility index (Phi) is 6.12. The first-order valence-corrected chi connectivity index (χ1v) is 9.49. The Hall–Kier alpha value is -2.82. The molecule has 0 radical (unpaired) electrons. The van der Waals surface area contributed by atoms with Crippen LogP contribution in [0.1, 0.15) is 39.9 Å². The molecule has 0 atom stereocenters. The van der Waals surface area contributed by atoms with E-state index in [2.05, 4.69) is 16.7 Å². The van der Waals surface area contributed by atoms with Crippen molar-refractivity contribution >= 4 is 17.5 Å². The third-order valence-electron chi connectivity index (χ3n) is 4.88. The molecule has 1 aliphatic rings. The molecule has 0 unspecified atom stereocenters. The van der Waals surface area contributed by atoms with Gasteiger partial charge in [0.15, 0.2) is 0 Å². The topological polar surface area (TPSA) is 61.4 Å². The van der Waals surface area contributed by atoms with Crippen molar-refractivity contribution in [3.05, 3.63) is 64.7 Å². The molecule has 2 aromatic rings. The summed E-state index contributed by atoms with van der Waals surface area (Å²) in [6.45, 7) is 6.40. The molecule has 2 N–H and O–H groups in total. The van der Waals surface area contributed by atoms with E-state index in [0.717, 1.165) is 42.7 Å². The molecule has 1 saturated heterocycles. The number of carbonyl (C=O) groups excluding carboxylic acids is 2. The van der Waals surface area contributed by atoms with Gasteiger partial charge in [-0.25, -0.2) is 0 Å². The number of likely N-dealkylation sites (tertiary alicyclic amines) is 1. The molecule has 2 amide bonds. The predicted octanol–water partition coefficient (Wildman–Crippen LogP) is 3.27. The number of rotatable bonds is 6. The zero-order valence-corrected chi connectivity index (χ0v) is 16.0. The van der Waals surface area contributed by atoms with Crippen LogP contribution in [0.4, 0.5) is 5.69 Å². The van der Waals surface area contributed by atoms with Crippen LogP contribution in [-0.2, 0) is 11.3 Å². The van der Waals surface area contributed by atoms with E-state index in [4.69, 9.17) is 0 Å². The fourth-order valence-corrected chi connectivity index (χ4v) is 3.36. The number of nitrogens with one attached hydrogen (secondary N) is 2. The van der Waals surface area contributed by atoms with E-state index in [1.54, 1.807) is 0 Å². The number of benzene rings is 2. The molecule has 1 heterocycles. The van der Waals surface area contributed by atoms with Gasteiger partial charge in [-0.15, -0.1) is 0 Å². The van der Waals surface area contributed by atoms with Crippen molar-refractivity contribution < 1.29 is 9.59 Å². The molecule has 1 fully saturated rings. The molecule has 0 saturated carbocycles. The molecule has 0 aromatic heterocycles.